The third-order valence-corrected chi connectivity index (χ3v) is 3.44. The Balaban J connectivity index is 2.57. The van der Waals surface area contributed by atoms with Crippen LogP contribution >= 0.6 is 27.3 Å². The molecule has 2 heterocycles. The molecule has 0 aliphatic carbocycles. The van der Waals surface area contributed by atoms with E-state index < -0.39 is 0 Å². The summed E-state index contributed by atoms with van der Waals surface area (Å²) in [6, 6.07) is 7.95. The van der Waals surface area contributed by atoms with Gasteiger partial charge in [-0.1, -0.05) is 0 Å². The Morgan fingerprint density at radius 1 is 1.36 bits per heavy atom. The van der Waals surface area contributed by atoms with Gasteiger partial charge in [0.1, 0.15) is 6.07 Å². The van der Waals surface area contributed by atoms with E-state index in [2.05, 4.69) is 27.0 Å². The van der Waals surface area contributed by atoms with Gasteiger partial charge in [0.15, 0.2) is 0 Å². The molecule has 2 nitrogen and oxygen atoms in total. The van der Waals surface area contributed by atoms with Crippen molar-refractivity contribution in [1.29, 1.82) is 5.26 Å². The molecule has 0 unspecified atom stereocenters. The lowest BCUT2D eigenvalue weighted by atomic mass is 10.1. The average molecular weight is 265 g/mol. The summed E-state index contributed by atoms with van der Waals surface area (Å²) in [4.78, 5) is 5.00. The Kier molecular flexibility index (Phi) is 2.62. The van der Waals surface area contributed by atoms with Gasteiger partial charge < -0.3 is 0 Å². The number of aromatic nitrogens is 1. The van der Waals surface area contributed by atoms with E-state index in [1.165, 1.54) is 0 Å². The maximum atomic E-state index is 8.89. The van der Waals surface area contributed by atoms with E-state index in [-0.39, 0.29) is 0 Å². The van der Waals surface area contributed by atoms with Crippen LogP contribution in [0.3, 0.4) is 0 Å². The first-order chi connectivity index (χ1) is 6.81. The molecule has 2 aromatic rings. The highest BCUT2D eigenvalue weighted by Crippen LogP contribution is 2.32. The van der Waals surface area contributed by atoms with Crippen molar-refractivity contribution in [2.45, 2.75) is 0 Å². The van der Waals surface area contributed by atoms with E-state index in [1.54, 1.807) is 23.7 Å². The molecule has 0 bridgehead atoms. The van der Waals surface area contributed by atoms with Crippen LogP contribution in [-0.4, -0.2) is 4.98 Å². The predicted molar refractivity (Wildman–Crippen MR) is 60.0 cm³/mol. The highest BCUT2D eigenvalue weighted by molar-refractivity contribution is 9.11. The normalized spacial score (nSPS) is 9.71. The smallest absolute Gasteiger partial charge is 0.101 e. The third-order valence-electron chi connectivity index (χ3n) is 1.78. The van der Waals surface area contributed by atoms with Crippen LogP contribution in [0.2, 0.25) is 0 Å². The number of pyridine rings is 1. The first-order valence-electron chi connectivity index (χ1n) is 3.91. The van der Waals surface area contributed by atoms with Gasteiger partial charge in [-0.05, 0) is 34.1 Å². The highest BCUT2D eigenvalue weighted by atomic mass is 79.9. The Morgan fingerprint density at radius 3 is 2.86 bits per heavy atom. The molecule has 0 N–H and O–H groups in total. The fraction of sp³-hybridized carbons (Fsp3) is 0. The van der Waals surface area contributed by atoms with Crippen molar-refractivity contribution in [3.8, 4) is 16.5 Å². The first kappa shape index (κ1) is 9.38. The lowest BCUT2D eigenvalue weighted by molar-refractivity contribution is 1.31. The van der Waals surface area contributed by atoms with Crippen molar-refractivity contribution in [2.75, 3.05) is 0 Å². The molecule has 0 aliphatic rings. The van der Waals surface area contributed by atoms with Crippen molar-refractivity contribution in [2.24, 2.45) is 0 Å². The number of hydrogen-bond donors (Lipinski definition) is 0. The molecule has 14 heavy (non-hydrogen) atoms. The van der Waals surface area contributed by atoms with E-state index in [1.807, 2.05) is 18.2 Å². The average Bonchev–Trinajstić information content (AvgIpc) is 2.65. The minimum absolute atomic E-state index is 0.613. The van der Waals surface area contributed by atoms with Crippen molar-refractivity contribution >= 4 is 27.3 Å². The van der Waals surface area contributed by atoms with E-state index in [0.29, 0.717) is 5.56 Å². The Morgan fingerprint density at radius 2 is 2.21 bits per heavy atom. The summed E-state index contributed by atoms with van der Waals surface area (Å²) < 4.78 is 1.06. The molecule has 68 valence electrons. The van der Waals surface area contributed by atoms with Gasteiger partial charge in [-0.3, -0.25) is 4.98 Å². The highest BCUT2D eigenvalue weighted by Gasteiger charge is 2.06. The van der Waals surface area contributed by atoms with Crippen LogP contribution in [0.15, 0.2) is 34.4 Å². The van der Waals surface area contributed by atoms with Gasteiger partial charge >= 0.3 is 0 Å². The minimum atomic E-state index is 0.613. The van der Waals surface area contributed by atoms with Gasteiger partial charge in [0.05, 0.1) is 9.35 Å². The Labute approximate surface area is 94.0 Å². The number of thiophene rings is 1. The second kappa shape index (κ2) is 3.91. The van der Waals surface area contributed by atoms with Gasteiger partial charge in [-0.15, -0.1) is 11.3 Å². The van der Waals surface area contributed by atoms with Gasteiger partial charge in [0.2, 0.25) is 0 Å². The summed E-state index contributed by atoms with van der Waals surface area (Å²) in [6.07, 6.45) is 3.28. The summed E-state index contributed by atoms with van der Waals surface area (Å²) in [7, 11) is 0. The summed E-state index contributed by atoms with van der Waals surface area (Å²) in [6.45, 7) is 0. The Bertz CT molecular complexity index is 499. The third kappa shape index (κ3) is 1.69. The molecule has 0 saturated heterocycles. The second-order valence-corrected chi connectivity index (χ2v) is 5.10. The molecular weight excluding hydrogens is 260 g/mol. The van der Waals surface area contributed by atoms with E-state index in [0.717, 1.165) is 14.2 Å². The number of nitrogens with zero attached hydrogens (tertiary/aromatic N) is 2. The first-order valence-corrected chi connectivity index (χ1v) is 5.52. The van der Waals surface area contributed by atoms with Gasteiger partial charge in [0.25, 0.3) is 0 Å². The SMILES string of the molecule is N#Cc1cnccc1-c1ccc(Br)s1. The quantitative estimate of drug-likeness (QED) is 0.791. The lowest BCUT2D eigenvalue weighted by Crippen LogP contribution is -1.82. The van der Waals surface area contributed by atoms with Crippen LogP contribution in [0.25, 0.3) is 10.4 Å². The number of halogens is 1. The fourth-order valence-electron chi connectivity index (χ4n) is 1.16. The zero-order valence-corrected chi connectivity index (χ0v) is 9.47. The predicted octanol–water partition coefficient (Wildman–Crippen LogP) is 3.44. The molecule has 2 rings (SSSR count). The monoisotopic (exact) mass is 264 g/mol. The van der Waals surface area contributed by atoms with Crippen LogP contribution in [0, 0.1) is 11.3 Å². The summed E-state index contributed by atoms with van der Waals surface area (Å²) in [5.41, 5.74) is 1.56. The molecule has 0 aliphatic heterocycles. The van der Waals surface area contributed by atoms with Gasteiger partial charge in [-0.25, -0.2) is 0 Å². The van der Waals surface area contributed by atoms with Crippen molar-refractivity contribution in [3.63, 3.8) is 0 Å². The van der Waals surface area contributed by atoms with Crippen LogP contribution in [0.5, 0.6) is 0 Å². The zero-order valence-electron chi connectivity index (χ0n) is 7.07. The number of nitriles is 1. The molecule has 0 radical (unpaired) electrons. The van der Waals surface area contributed by atoms with Crippen molar-refractivity contribution in [3.05, 3.63) is 39.9 Å². The fourth-order valence-corrected chi connectivity index (χ4v) is 2.58. The molecule has 0 atom stereocenters. The molecule has 0 amide bonds. The van der Waals surface area contributed by atoms with E-state index in [9.17, 15) is 0 Å². The van der Waals surface area contributed by atoms with E-state index in [4.69, 9.17) is 5.26 Å². The molecule has 0 saturated carbocycles. The minimum Gasteiger partial charge on any atom is -0.263 e. The van der Waals surface area contributed by atoms with Crippen molar-refractivity contribution < 1.29 is 0 Å². The topological polar surface area (TPSA) is 36.7 Å². The molecule has 0 fully saturated rings. The van der Waals surface area contributed by atoms with Crippen LogP contribution < -0.4 is 0 Å². The van der Waals surface area contributed by atoms with Crippen LogP contribution in [-0.2, 0) is 0 Å². The molecular formula is C10H5BrN2S. The largest absolute Gasteiger partial charge is 0.263 e. The number of hydrogen-bond acceptors (Lipinski definition) is 3. The zero-order chi connectivity index (χ0) is 9.97. The summed E-state index contributed by atoms with van der Waals surface area (Å²) in [5.74, 6) is 0. The standard InChI is InChI=1S/C10H5BrN2S/c11-10-2-1-9(14-10)8-3-4-13-6-7(8)5-12/h1-4,6H. The van der Waals surface area contributed by atoms with Gasteiger partial charge in [-0.2, -0.15) is 5.26 Å². The molecule has 0 aromatic carbocycles. The maximum absolute atomic E-state index is 8.89. The lowest BCUT2D eigenvalue weighted by Gasteiger charge is -1.97. The van der Waals surface area contributed by atoms with E-state index >= 15 is 0 Å². The summed E-state index contributed by atoms with van der Waals surface area (Å²) >= 11 is 5.00. The maximum Gasteiger partial charge on any atom is 0.101 e. The molecule has 0 spiro atoms. The van der Waals surface area contributed by atoms with Gasteiger partial charge in [0, 0.05) is 22.8 Å². The molecule has 4 heteroatoms. The van der Waals surface area contributed by atoms with Crippen LogP contribution in [0.1, 0.15) is 5.56 Å². The van der Waals surface area contributed by atoms with Crippen LogP contribution in [0.4, 0.5) is 0 Å². The second-order valence-electron chi connectivity index (χ2n) is 2.64. The number of rotatable bonds is 1. The molecule has 2 aromatic heterocycles. The Hall–Kier alpha value is -1.18. The summed E-state index contributed by atoms with van der Waals surface area (Å²) in [5, 5.41) is 8.89. The van der Waals surface area contributed by atoms with Crippen molar-refractivity contribution in [1.82, 2.24) is 4.98 Å².